The van der Waals surface area contributed by atoms with Crippen LogP contribution in [-0.4, -0.2) is 52.6 Å². The molecule has 0 aliphatic heterocycles. The molecular weight excluding hydrogens is 474 g/mol. The molecule has 10 heteroatoms. The Morgan fingerprint density at radius 2 is 1.86 bits per heavy atom. The van der Waals surface area contributed by atoms with Gasteiger partial charge in [0, 0.05) is 44.6 Å². The second-order valence-corrected chi connectivity index (χ2v) is 10.2. The number of benzene rings is 1. The molecule has 1 aromatic carbocycles. The average molecular weight is 510 g/mol. The number of nitrogens with one attached hydrogen (secondary N) is 2. The number of amides is 2. The highest BCUT2D eigenvalue weighted by molar-refractivity contribution is 5.93. The maximum Gasteiger partial charge on any atom is 0.412 e. The van der Waals surface area contributed by atoms with Crippen molar-refractivity contribution < 1.29 is 18.7 Å². The quantitative estimate of drug-likeness (QED) is 0.435. The van der Waals surface area contributed by atoms with Gasteiger partial charge in [-0.15, -0.1) is 0 Å². The first-order chi connectivity index (χ1) is 17.4. The Morgan fingerprint density at radius 1 is 1.16 bits per heavy atom. The zero-order valence-electron chi connectivity index (χ0n) is 22.3. The Hall–Kier alpha value is -3.95. The topological polar surface area (TPSA) is 127 Å². The van der Waals surface area contributed by atoms with Crippen LogP contribution >= 0.6 is 0 Å². The molecule has 2 N–H and O–H groups in total. The highest BCUT2D eigenvalue weighted by Gasteiger charge is 2.19. The van der Waals surface area contributed by atoms with Crippen LogP contribution < -0.4 is 16.3 Å². The number of likely N-dealkylation sites (N-methyl/N-ethyl adjacent to an activating group) is 1. The highest BCUT2D eigenvalue weighted by atomic mass is 16.6. The van der Waals surface area contributed by atoms with Gasteiger partial charge in [-0.05, 0) is 75.4 Å². The summed E-state index contributed by atoms with van der Waals surface area (Å²) in [6.45, 7) is 9.99. The Labute approximate surface area is 216 Å². The smallest absolute Gasteiger partial charge is 0.412 e. The standard InChI is InChI=1S/C27H35N5O5/c1-17(15-22(33)32(6)14-11-19-9-12-28-13-10-19)16-29-25-30-21-8-7-20(18(2)23(21)24(34)36-25)31-26(35)37-27(3,4)5/h7-10,12-13,17H,11,14-16H2,1-6H3,(H,29,30)(H,31,35). The Bertz CT molecular complexity index is 1300. The van der Waals surface area contributed by atoms with E-state index in [-0.39, 0.29) is 23.2 Å². The number of carbonyl (C=O) groups is 2. The Balaban J connectivity index is 1.58. The minimum absolute atomic E-state index is 0.0131. The largest absolute Gasteiger partial charge is 0.444 e. The van der Waals surface area contributed by atoms with Crippen LogP contribution in [0, 0.1) is 12.8 Å². The maximum atomic E-state index is 12.7. The number of hydrogen-bond donors (Lipinski definition) is 2. The van der Waals surface area contributed by atoms with Gasteiger partial charge in [0.25, 0.3) is 6.01 Å². The van der Waals surface area contributed by atoms with Gasteiger partial charge in [-0.2, -0.15) is 4.98 Å². The van der Waals surface area contributed by atoms with Gasteiger partial charge in [-0.25, -0.2) is 9.59 Å². The van der Waals surface area contributed by atoms with Crippen molar-refractivity contribution in [2.24, 2.45) is 5.92 Å². The number of aromatic nitrogens is 2. The van der Waals surface area contributed by atoms with Gasteiger partial charge in [0.05, 0.1) is 10.9 Å². The SMILES string of the molecule is Cc1c(NC(=O)OC(C)(C)C)ccc2nc(NCC(C)CC(=O)N(C)CCc3ccncc3)oc(=O)c12. The monoisotopic (exact) mass is 509 g/mol. The summed E-state index contributed by atoms with van der Waals surface area (Å²) < 4.78 is 10.7. The molecule has 0 radical (unpaired) electrons. The summed E-state index contributed by atoms with van der Waals surface area (Å²) in [4.78, 5) is 47.6. The molecule has 0 spiro atoms. The van der Waals surface area contributed by atoms with Crippen molar-refractivity contribution in [2.45, 2.75) is 53.1 Å². The van der Waals surface area contributed by atoms with E-state index in [2.05, 4.69) is 20.6 Å². The lowest BCUT2D eigenvalue weighted by Crippen LogP contribution is -2.31. The number of nitrogens with zero attached hydrogens (tertiary/aromatic N) is 3. The molecule has 3 rings (SSSR count). The van der Waals surface area contributed by atoms with Crippen molar-refractivity contribution in [3.05, 3.63) is 58.2 Å². The first kappa shape index (κ1) is 27.6. The molecule has 198 valence electrons. The van der Waals surface area contributed by atoms with Crippen molar-refractivity contribution in [1.29, 1.82) is 0 Å². The van der Waals surface area contributed by atoms with Gasteiger partial charge in [-0.1, -0.05) is 6.92 Å². The minimum Gasteiger partial charge on any atom is -0.444 e. The molecule has 10 nitrogen and oxygen atoms in total. The fourth-order valence-corrected chi connectivity index (χ4v) is 3.70. The summed E-state index contributed by atoms with van der Waals surface area (Å²) in [6.07, 6.45) is 3.97. The zero-order chi connectivity index (χ0) is 27.2. The number of pyridine rings is 1. The van der Waals surface area contributed by atoms with Gasteiger partial charge in [0.15, 0.2) is 0 Å². The van der Waals surface area contributed by atoms with Gasteiger partial charge >= 0.3 is 11.7 Å². The second-order valence-electron chi connectivity index (χ2n) is 10.2. The van der Waals surface area contributed by atoms with E-state index in [1.165, 1.54) is 0 Å². The van der Waals surface area contributed by atoms with Gasteiger partial charge in [0.2, 0.25) is 5.91 Å². The minimum atomic E-state index is -0.646. The van der Waals surface area contributed by atoms with E-state index in [1.807, 2.05) is 19.1 Å². The van der Waals surface area contributed by atoms with E-state index in [0.29, 0.717) is 36.3 Å². The van der Waals surface area contributed by atoms with E-state index >= 15 is 0 Å². The summed E-state index contributed by atoms with van der Waals surface area (Å²) >= 11 is 0. The molecule has 2 amide bonds. The predicted molar refractivity (Wildman–Crippen MR) is 143 cm³/mol. The van der Waals surface area contributed by atoms with Crippen LogP contribution in [0.3, 0.4) is 0 Å². The number of anilines is 2. The number of hydrogen-bond acceptors (Lipinski definition) is 8. The molecule has 2 heterocycles. The Morgan fingerprint density at radius 3 is 2.54 bits per heavy atom. The third kappa shape index (κ3) is 8.03. The van der Waals surface area contributed by atoms with Crippen molar-refractivity contribution in [1.82, 2.24) is 14.9 Å². The van der Waals surface area contributed by atoms with Crippen LogP contribution in [0.5, 0.6) is 0 Å². The lowest BCUT2D eigenvalue weighted by atomic mass is 10.1. The molecule has 2 aromatic heterocycles. The zero-order valence-corrected chi connectivity index (χ0v) is 22.3. The lowest BCUT2D eigenvalue weighted by molar-refractivity contribution is -0.130. The van der Waals surface area contributed by atoms with E-state index in [4.69, 9.17) is 9.15 Å². The predicted octanol–water partition coefficient (Wildman–Crippen LogP) is 4.38. The molecule has 0 bridgehead atoms. The van der Waals surface area contributed by atoms with Crippen molar-refractivity contribution >= 4 is 34.6 Å². The lowest BCUT2D eigenvalue weighted by Gasteiger charge is -2.20. The average Bonchev–Trinajstić information content (AvgIpc) is 2.82. The summed E-state index contributed by atoms with van der Waals surface area (Å²) in [7, 11) is 1.79. The maximum absolute atomic E-state index is 12.7. The van der Waals surface area contributed by atoms with E-state index in [1.54, 1.807) is 64.2 Å². The Kier molecular flexibility index (Phi) is 8.86. The molecule has 0 saturated carbocycles. The molecule has 0 fully saturated rings. The molecular formula is C27H35N5O5. The van der Waals surface area contributed by atoms with E-state index < -0.39 is 17.3 Å². The number of fused-ring (bicyclic) bond motifs is 1. The normalized spacial score (nSPS) is 12.2. The number of carbonyl (C=O) groups excluding carboxylic acids is 2. The first-order valence-electron chi connectivity index (χ1n) is 12.2. The third-order valence-electron chi connectivity index (χ3n) is 5.73. The van der Waals surface area contributed by atoms with Crippen molar-refractivity contribution in [3.63, 3.8) is 0 Å². The second kappa shape index (κ2) is 11.9. The summed E-state index contributed by atoms with van der Waals surface area (Å²) in [6, 6.07) is 7.27. The van der Waals surface area contributed by atoms with Crippen molar-refractivity contribution in [2.75, 3.05) is 30.8 Å². The van der Waals surface area contributed by atoms with E-state index in [9.17, 15) is 14.4 Å². The van der Waals surface area contributed by atoms with Gasteiger partial charge in [0.1, 0.15) is 5.60 Å². The summed E-state index contributed by atoms with van der Waals surface area (Å²) in [5.41, 5.74) is 1.32. The first-order valence-corrected chi connectivity index (χ1v) is 12.2. The van der Waals surface area contributed by atoms with Crippen LogP contribution in [0.2, 0.25) is 0 Å². The van der Waals surface area contributed by atoms with Crippen LogP contribution in [0.4, 0.5) is 16.5 Å². The molecule has 0 saturated heterocycles. The van der Waals surface area contributed by atoms with Crippen LogP contribution in [0.25, 0.3) is 10.9 Å². The van der Waals surface area contributed by atoms with Crippen LogP contribution in [-0.2, 0) is 16.0 Å². The highest BCUT2D eigenvalue weighted by Crippen LogP contribution is 2.24. The molecule has 0 aliphatic rings. The fourth-order valence-electron chi connectivity index (χ4n) is 3.70. The summed E-state index contributed by atoms with van der Waals surface area (Å²) in [5.74, 6) is 0.0257. The summed E-state index contributed by atoms with van der Waals surface area (Å²) in [5, 5.41) is 5.96. The number of ether oxygens (including phenoxy) is 1. The molecule has 3 aromatic rings. The van der Waals surface area contributed by atoms with Crippen molar-refractivity contribution in [3.8, 4) is 0 Å². The van der Waals surface area contributed by atoms with Gasteiger partial charge in [-0.3, -0.25) is 15.1 Å². The number of aryl methyl sites for hydroxylation is 1. The van der Waals surface area contributed by atoms with Gasteiger partial charge < -0.3 is 19.4 Å². The van der Waals surface area contributed by atoms with Crippen LogP contribution in [0.1, 0.15) is 45.2 Å². The molecule has 1 unspecified atom stereocenters. The molecule has 0 aliphatic carbocycles. The van der Waals surface area contributed by atoms with Crippen LogP contribution in [0.15, 0.2) is 45.9 Å². The number of rotatable bonds is 9. The van der Waals surface area contributed by atoms with E-state index in [0.717, 1.165) is 12.0 Å². The molecule has 1 atom stereocenters. The fraction of sp³-hybridized carbons (Fsp3) is 0.444. The molecule has 37 heavy (non-hydrogen) atoms. The third-order valence-corrected chi connectivity index (χ3v) is 5.73.